The average molecular weight is 454 g/mol. The molecule has 0 aliphatic carbocycles. The van der Waals surface area contributed by atoms with E-state index in [9.17, 15) is 0 Å². The van der Waals surface area contributed by atoms with Crippen molar-refractivity contribution in [2.24, 2.45) is 0 Å². The maximum atomic E-state index is 4.66. The molecule has 0 atom stereocenters. The lowest BCUT2D eigenvalue weighted by molar-refractivity contribution is 1.17. The minimum Gasteiger partial charge on any atom is -0.308 e. The largest absolute Gasteiger partial charge is 0.308 e. The maximum Gasteiger partial charge on any atom is 0.116 e. The van der Waals surface area contributed by atoms with Crippen molar-refractivity contribution in [3.05, 3.63) is 116 Å². The molecule has 4 heteroatoms. The third kappa shape index (κ3) is 3.00. The van der Waals surface area contributed by atoms with Crippen molar-refractivity contribution in [2.45, 2.75) is 9.79 Å². The fraction of sp³-hybridized carbons (Fsp3) is 0. The number of hydrogen-bond acceptors (Lipinski definition) is 4. The Labute approximate surface area is 201 Å². The monoisotopic (exact) mass is 453 g/mol. The fourth-order valence-electron chi connectivity index (χ4n) is 4.82. The lowest BCUT2D eigenvalue weighted by atomic mass is 9.97. The fourth-order valence-corrected chi connectivity index (χ4v) is 5.88. The number of anilines is 3. The molecule has 0 bridgehead atoms. The first kappa shape index (κ1) is 19.3. The highest BCUT2D eigenvalue weighted by Crippen LogP contribution is 2.53. The molecule has 0 N–H and O–H groups in total. The number of hydrogen-bond donors (Lipinski definition) is 0. The van der Waals surface area contributed by atoms with E-state index in [4.69, 9.17) is 0 Å². The lowest BCUT2D eigenvalue weighted by Crippen LogP contribution is -2.15. The van der Waals surface area contributed by atoms with Gasteiger partial charge in [-0.05, 0) is 52.9 Å². The van der Waals surface area contributed by atoms with Gasteiger partial charge in [0.1, 0.15) is 6.33 Å². The second-order valence-electron chi connectivity index (χ2n) is 8.35. The average Bonchev–Trinajstić information content (AvgIpc) is 2.91. The smallest absolute Gasteiger partial charge is 0.116 e. The zero-order valence-electron chi connectivity index (χ0n) is 18.2. The normalized spacial score (nSPS) is 12.5. The van der Waals surface area contributed by atoms with Crippen molar-refractivity contribution >= 4 is 50.5 Å². The molecule has 0 saturated heterocycles. The van der Waals surface area contributed by atoms with Gasteiger partial charge < -0.3 is 4.90 Å². The Morgan fingerprint density at radius 2 is 1.26 bits per heavy atom. The highest BCUT2D eigenvalue weighted by atomic mass is 32.2. The Morgan fingerprint density at radius 3 is 2.03 bits per heavy atom. The first-order valence-electron chi connectivity index (χ1n) is 11.2. The first-order valence-corrected chi connectivity index (χ1v) is 12.1. The third-order valence-corrected chi connectivity index (χ3v) is 7.51. The lowest BCUT2D eigenvalue weighted by Gasteiger charge is -2.33. The molecular weight excluding hydrogens is 434 g/mol. The number of aromatic nitrogens is 2. The SMILES string of the molecule is c1ccc(-c2ccc3c(N4c5ccccc5Sc5ccccc54)cc4ncncc4c3c2)cc1. The zero-order chi connectivity index (χ0) is 22.5. The van der Waals surface area contributed by atoms with Crippen molar-refractivity contribution in [2.75, 3.05) is 4.90 Å². The quantitative estimate of drug-likeness (QED) is 0.246. The minimum atomic E-state index is 0.941. The molecule has 0 amide bonds. The molecule has 1 aliphatic heterocycles. The molecule has 34 heavy (non-hydrogen) atoms. The van der Waals surface area contributed by atoms with Crippen LogP contribution in [0.3, 0.4) is 0 Å². The number of fused-ring (bicyclic) bond motifs is 5. The summed E-state index contributed by atoms with van der Waals surface area (Å²) in [5.41, 5.74) is 6.83. The molecule has 0 unspecified atom stereocenters. The summed E-state index contributed by atoms with van der Waals surface area (Å²) in [7, 11) is 0. The maximum absolute atomic E-state index is 4.66. The topological polar surface area (TPSA) is 29.0 Å². The summed E-state index contributed by atoms with van der Waals surface area (Å²) in [5.74, 6) is 0. The minimum absolute atomic E-state index is 0.941. The van der Waals surface area contributed by atoms with Gasteiger partial charge in [-0.2, -0.15) is 0 Å². The van der Waals surface area contributed by atoms with Gasteiger partial charge >= 0.3 is 0 Å². The van der Waals surface area contributed by atoms with Gasteiger partial charge in [-0.25, -0.2) is 9.97 Å². The van der Waals surface area contributed by atoms with E-state index in [-0.39, 0.29) is 0 Å². The van der Waals surface area contributed by atoms with Crippen LogP contribution in [-0.2, 0) is 0 Å². The summed E-state index contributed by atoms with van der Waals surface area (Å²) in [6.07, 6.45) is 3.56. The van der Waals surface area contributed by atoms with E-state index in [0.29, 0.717) is 0 Å². The molecule has 7 rings (SSSR count). The highest BCUT2D eigenvalue weighted by Gasteiger charge is 2.26. The second kappa shape index (κ2) is 7.72. The summed E-state index contributed by atoms with van der Waals surface area (Å²) in [6.45, 7) is 0. The van der Waals surface area contributed by atoms with Gasteiger partial charge in [0.05, 0.1) is 22.6 Å². The molecule has 0 spiro atoms. The van der Waals surface area contributed by atoms with Crippen molar-refractivity contribution in [1.29, 1.82) is 0 Å². The van der Waals surface area contributed by atoms with Gasteiger partial charge in [0.15, 0.2) is 0 Å². The van der Waals surface area contributed by atoms with Gasteiger partial charge in [-0.1, -0.05) is 78.5 Å². The molecule has 1 aliphatic rings. The molecular formula is C30H19N3S. The highest BCUT2D eigenvalue weighted by molar-refractivity contribution is 7.99. The van der Waals surface area contributed by atoms with E-state index < -0.39 is 0 Å². The van der Waals surface area contributed by atoms with Crippen molar-refractivity contribution in [3.8, 4) is 11.1 Å². The Morgan fingerprint density at radius 1 is 0.559 bits per heavy atom. The standard InChI is InChI=1S/C30H19N3S/c1-2-8-20(9-3-1)21-14-15-22-23(16-21)24-18-31-19-32-25(24)17-28(22)33-26-10-4-6-12-29(26)34-30-13-7-5-11-27(30)33/h1-19H. The molecule has 3 nitrogen and oxygen atoms in total. The summed E-state index contributed by atoms with van der Waals surface area (Å²) in [5, 5.41) is 3.40. The number of nitrogens with zero attached hydrogens (tertiary/aromatic N) is 3. The van der Waals surface area contributed by atoms with Gasteiger partial charge in [0.25, 0.3) is 0 Å². The predicted octanol–water partition coefficient (Wildman–Crippen LogP) is 8.38. The summed E-state index contributed by atoms with van der Waals surface area (Å²) in [6, 6.07) is 36.7. The molecule has 1 aromatic heterocycles. The van der Waals surface area contributed by atoms with Crippen LogP contribution in [-0.4, -0.2) is 9.97 Å². The van der Waals surface area contributed by atoms with Crippen molar-refractivity contribution in [1.82, 2.24) is 9.97 Å². The van der Waals surface area contributed by atoms with Gasteiger partial charge in [-0.3, -0.25) is 0 Å². The van der Waals surface area contributed by atoms with E-state index >= 15 is 0 Å². The third-order valence-electron chi connectivity index (χ3n) is 6.38. The van der Waals surface area contributed by atoms with E-state index in [1.165, 1.54) is 37.7 Å². The summed E-state index contributed by atoms with van der Waals surface area (Å²) in [4.78, 5) is 13.9. The van der Waals surface area contributed by atoms with Gasteiger partial charge in [0.2, 0.25) is 0 Å². The Bertz CT molecular complexity index is 1650. The second-order valence-corrected chi connectivity index (χ2v) is 9.43. The van der Waals surface area contributed by atoms with Crippen LogP contribution < -0.4 is 4.90 Å². The van der Waals surface area contributed by atoms with E-state index in [2.05, 4.69) is 118 Å². The molecule has 6 aromatic rings. The number of benzene rings is 5. The van der Waals surface area contributed by atoms with E-state index in [1.807, 2.05) is 18.0 Å². The van der Waals surface area contributed by atoms with Crippen LogP contribution in [0.25, 0.3) is 32.8 Å². The molecule has 0 radical (unpaired) electrons. The number of rotatable bonds is 2. The van der Waals surface area contributed by atoms with Crippen LogP contribution in [0.5, 0.6) is 0 Å². The van der Waals surface area contributed by atoms with Crippen LogP contribution in [0, 0.1) is 0 Å². The molecule has 0 saturated carbocycles. The summed E-state index contributed by atoms with van der Waals surface area (Å²) < 4.78 is 0. The van der Waals surface area contributed by atoms with Crippen LogP contribution in [0.4, 0.5) is 17.1 Å². The summed E-state index contributed by atoms with van der Waals surface area (Å²) >= 11 is 1.82. The van der Waals surface area contributed by atoms with Crippen LogP contribution in [0.15, 0.2) is 125 Å². The number of para-hydroxylation sites is 2. The Balaban J connectivity index is 1.56. The van der Waals surface area contributed by atoms with Crippen molar-refractivity contribution in [3.63, 3.8) is 0 Å². The molecule has 5 aromatic carbocycles. The van der Waals surface area contributed by atoms with Crippen LogP contribution >= 0.6 is 11.8 Å². The molecule has 0 fully saturated rings. The predicted molar refractivity (Wildman–Crippen MR) is 141 cm³/mol. The van der Waals surface area contributed by atoms with Crippen molar-refractivity contribution < 1.29 is 0 Å². The van der Waals surface area contributed by atoms with Crippen LogP contribution in [0.2, 0.25) is 0 Å². The van der Waals surface area contributed by atoms with Crippen LogP contribution in [0.1, 0.15) is 0 Å². The van der Waals surface area contributed by atoms with E-state index in [0.717, 1.165) is 22.0 Å². The van der Waals surface area contributed by atoms with E-state index in [1.54, 1.807) is 6.33 Å². The Hall–Kier alpha value is -4.15. The van der Waals surface area contributed by atoms with Gasteiger partial charge in [-0.15, -0.1) is 0 Å². The zero-order valence-corrected chi connectivity index (χ0v) is 19.0. The first-order chi connectivity index (χ1) is 16.9. The molecule has 2 heterocycles. The van der Waals surface area contributed by atoms with Gasteiger partial charge in [0, 0.05) is 26.8 Å². The Kier molecular flexibility index (Phi) is 4.39. The molecule has 160 valence electrons.